The highest BCUT2D eigenvalue weighted by atomic mass is 32.4. The fourth-order valence-electron chi connectivity index (χ4n) is 1.79. The maximum atomic E-state index is 10.5. The maximum Gasteiger partial charge on any atom is 0.211 e. The number of anilines is 1. The van der Waals surface area contributed by atoms with Crippen molar-refractivity contribution in [3.05, 3.63) is 54.6 Å². The second kappa shape index (κ2) is 5.47. The zero-order chi connectivity index (χ0) is 13.0. The SMILES string of the molecule is CP(=S)(c1ccccc1)c1cccc(NC=O)c1. The summed E-state index contributed by atoms with van der Waals surface area (Å²) in [6.45, 7) is 2.11. The average molecular weight is 275 g/mol. The fraction of sp³-hybridized carbons (Fsp3) is 0.0714. The van der Waals surface area contributed by atoms with Gasteiger partial charge in [-0.15, -0.1) is 0 Å². The Morgan fingerprint density at radius 3 is 2.39 bits per heavy atom. The minimum Gasteiger partial charge on any atom is -0.329 e. The standard InChI is InChI=1S/C14H14NOPS/c1-17(18,13-7-3-2-4-8-13)14-9-5-6-12(10-14)15-11-16/h2-11H,1H3,(H,15,16). The van der Waals surface area contributed by atoms with Gasteiger partial charge in [-0.25, -0.2) is 0 Å². The van der Waals surface area contributed by atoms with Gasteiger partial charge in [0.2, 0.25) is 6.41 Å². The first-order valence-corrected chi connectivity index (χ1v) is 8.83. The largest absolute Gasteiger partial charge is 0.329 e. The van der Waals surface area contributed by atoms with Crippen molar-refractivity contribution in [2.75, 3.05) is 12.0 Å². The maximum absolute atomic E-state index is 10.5. The molecule has 0 saturated heterocycles. The molecule has 0 bridgehead atoms. The molecule has 1 N–H and O–H groups in total. The van der Waals surface area contributed by atoms with Gasteiger partial charge < -0.3 is 5.32 Å². The average Bonchev–Trinajstić information content (AvgIpc) is 2.40. The van der Waals surface area contributed by atoms with E-state index in [-0.39, 0.29) is 0 Å². The molecule has 18 heavy (non-hydrogen) atoms. The highest BCUT2D eigenvalue weighted by Crippen LogP contribution is 2.39. The number of rotatable bonds is 4. The van der Waals surface area contributed by atoms with Gasteiger partial charge in [0.25, 0.3) is 0 Å². The van der Waals surface area contributed by atoms with Gasteiger partial charge in [0, 0.05) is 11.7 Å². The molecular weight excluding hydrogens is 261 g/mol. The monoisotopic (exact) mass is 275 g/mol. The second-order valence-corrected chi connectivity index (χ2v) is 9.14. The number of carbonyl (C=O) groups excluding carboxylic acids is 1. The van der Waals surface area contributed by atoms with Crippen LogP contribution in [-0.2, 0) is 16.6 Å². The molecule has 0 aromatic heterocycles. The van der Waals surface area contributed by atoms with Gasteiger partial charge in [0.05, 0.1) is 0 Å². The lowest BCUT2D eigenvalue weighted by Crippen LogP contribution is -2.15. The van der Waals surface area contributed by atoms with Crippen molar-refractivity contribution in [3.8, 4) is 0 Å². The Labute approximate surface area is 112 Å². The van der Waals surface area contributed by atoms with E-state index >= 15 is 0 Å². The Morgan fingerprint density at radius 1 is 1.06 bits per heavy atom. The summed E-state index contributed by atoms with van der Waals surface area (Å²) < 4.78 is 0. The lowest BCUT2D eigenvalue weighted by molar-refractivity contribution is -0.105. The lowest BCUT2D eigenvalue weighted by Gasteiger charge is -2.18. The van der Waals surface area contributed by atoms with E-state index in [1.54, 1.807) is 0 Å². The Morgan fingerprint density at radius 2 is 1.72 bits per heavy atom. The Hall–Kier alpha value is -1.44. The second-order valence-electron chi connectivity index (χ2n) is 4.07. The number of amides is 1. The van der Waals surface area contributed by atoms with Gasteiger partial charge in [-0.1, -0.05) is 54.3 Å². The Balaban J connectivity index is 2.44. The van der Waals surface area contributed by atoms with Crippen LogP contribution in [0.1, 0.15) is 0 Å². The normalized spacial score (nSPS) is 13.6. The topological polar surface area (TPSA) is 29.1 Å². The summed E-state index contributed by atoms with van der Waals surface area (Å²) in [5, 5.41) is 4.95. The first-order chi connectivity index (χ1) is 8.64. The van der Waals surface area contributed by atoms with Crippen LogP contribution >= 0.6 is 6.04 Å². The van der Waals surface area contributed by atoms with Crippen molar-refractivity contribution in [1.82, 2.24) is 0 Å². The number of hydrogen-bond acceptors (Lipinski definition) is 2. The van der Waals surface area contributed by atoms with Crippen molar-refractivity contribution in [2.45, 2.75) is 0 Å². The van der Waals surface area contributed by atoms with Crippen molar-refractivity contribution >= 4 is 40.6 Å². The number of benzene rings is 2. The van der Waals surface area contributed by atoms with Crippen molar-refractivity contribution in [2.24, 2.45) is 0 Å². The molecule has 2 aromatic carbocycles. The minimum atomic E-state index is -1.77. The van der Waals surface area contributed by atoms with Crippen LogP contribution in [0.15, 0.2) is 54.6 Å². The van der Waals surface area contributed by atoms with Crippen LogP contribution in [0.25, 0.3) is 0 Å². The molecule has 0 aliphatic heterocycles. The predicted octanol–water partition coefficient (Wildman–Crippen LogP) is 2.32. The van der Waals surface area contributed by atoms with Crippen LogP contribution in [0.5, 0.6) is 0 Å². The summed E-state index contributed by atoms with van der Waals surface area (Å²) in [6, 6.07) is 16.2. The highest BCUT2D eigenvalue weighted by Gasteiger charge is 2.15. The zero-order valence-corrected chi connectivity index (χ0v) is 11.7. The van der Waals surface area contributed by atoms with Gasteiger partial charge >= 0.3 is 0 Å². The zero-order valence-electron chi connectivity index (χ0n) is 10.0. The molecule has 0 spiro atoms. The van der Waals surface area contributed by atoms with Gasteiger partial charge in [0.15, 0.2) is 0 Å². The number of hydrogen-bond donors (Lipinski definition) is 1. The Kier molecular flexibility index (Phi) is 3.95. The quantitative estimate of drug-likeness (QED) is 0.685. The molecule has 2 rings (SSSR count). The summed E-state index contributed by atoms with van der Waals surface area (Å²) in [5.41, 5.74) is 0.787. The van der Waals surface area contributed by atoms with E-state index in [4.69, 9.17) is 11.8 Å². The molecular formula is C14H14NOPS. The van der Waals surface area contributed by atoms with Gasteiger partial charge in [-0.3, -0.25) is 4.79 Å². The van der Waals surface area contributed by atoms with Crippen LogP contribution in [0, 0.1) is 0 Å². The summed E-state index contributed by atoms with van der Waals surface area (Å²) >= 11 is 5.82. The molecule has 0 saturated carbocycles. The van der Waals surface area contributed by atoms with Gasteiger partial charge in [0.1, 0.15) is 0 Å². The molecule has 1 unspecified atom stereocenters. The fourth-order valence-corrected chi connectivity index (χ4v) is 4.29. The summed E-state index contributed by atoms with van der Waals surface area (Å²) in [7, 11) is 0. The van der Waals surface area contributed by atoms with Crippen molar-refractivity contribution < 1.29 is 4.79 Å². The molecule has 92 valence electrons. The number of nitrogens with one attached hydrogen (secondary N) is 1. The number of carbonyl (C=O) groups is 1. The van der Waals surface area contributed by atoms with Gasteiger partial charge in [-0.2, -0.15) is 0 Å². The van der Waals surface area contributed by atoms with Gasteiger partial charge in [-0.05, 0) is 29.4 Å². The molecule has 1 amide bonds. The van der Waals surface area contributed by atoms with E-state index in [0.717, 1.165) is 11.0 Å². The van der Waals surface area contributed by atoms with Crippen LogP contribution < -0.4 is 15.9 Å². The molecule has 0 fully saturated rings. The molecule has 2 nitrogen and oxygen atoms in total. The summed E-state index contributed by atoms with van der Waals surface area (Å²) in [4.78, 5) is 10.5. The molecule has 0 heterocycles. The van der Waals surface area contributed by atoms with E-state index in [1.807, 2.05) is 42.5 Å². The van der Waals surface area contributed by atoms with E-state index in [1.165, 1.54) is 5.30 Å². The van der Waals surface area contributed by atoms with E-state index in [2.05, 4.69) is 24.1 Å². The van der Waals surface area contributed by atoms with E-state index in [9.17, 15) is 4.79 Å². The van der Waals surface area contributed by atoms with E-state index in [0.29, 0.717) is 6.41 Å². The van der Waals surface area contributed by atoms with Crippen LogP contribution in [-0.4, -0.2) is 13.1 Å². The Bertz CT molecular complexity index is 598. The summed E-state index contributed by atoms with van der Waals surface area (Å²) in [5.74, 6) is 0. The first-order valence-electron chi connectivity index (χ1n) is 5.58. The molecule has 0 aliphatic carbocycles. The van der Waals surface area contributed by atoms with Crippen LogP contribution in [0.3, 0.4) is 0 Å². The smallest absolute Gasteiger partial charge is 0.211 e. The van der Waals surface area contributed by atoms with E-state index < -0.39 is 6.04 Å². The molecule has 1 atom stereocenters. The third-order valence-electron chi connectivity index (χ3n) is 2.81. The van der Waals surface area contributed by atoms with Crippen LogP contribution in [0.4, 0.5) is 5.69 Å². The lowest BCUT2D eigenvalue weighted by atomic mass is 10.3. The van der Waals surface area contributed by atoms with Crippen LogP contribution in [0.2, 0.25) is 0 Å². The third kappa shape index (κ3) is 2.69. The molecule has 4 heteroatoms. The predicted molar refractivity (Wildman–Crippen MR) is 82.0 cm³/mol. The molecule has 0 radical (unpaired) electrons. The summed E-state index contributed by atoms with van der Waals surface area (Å²) in [6.07, 6.45) is 0.681. The highest BCUT2D eigenvalue weighted by molar-refractivity contribution is 8.21. The van der Waals surface area contributed by atoms with Crippen molar-refractivity contribution in [1.29, 1.82) is 0 Å². The first kappa shape index (κ1) is 13.0. The molecule has 0 aliphatic rings. The third-order valence-corrected chi connectivity index (χ3v) is 6.63. The van der Waals surface area contributed by atoms with Crippen molar-refractivity contribution in [3.63, 3.8) is 0 Å². The molecule has 2 aromatic rings. The minimum absolute atomic E-state index is 0.681.